The van der Waals surface area contributed by atoms with E-state index in [1.807, 2.05) is 6.92 Å². The second-order valence-corrected chi connectivity index (χ2v) is 5.69. The summed E-state index contributed by atoms with van der Waals surface area (Å²) in [7, 11) is 0. The molecule has 0 spiro atoms. The number of hydrogen-bond acceptors (Lipinski definition) is 1. The van der Waals surface area contributed by atoms with Crippen LogP contribution in [0, 0.1) is 10.8 Å². The van der Waals surface area contributed by atoms with Crippen LogP contribution in [-0.4, -0.2) is 10.7 Å². The number of rotatable bonds is 0. The van der Waals surface area contributed by atoms with Crippen molar-refractivity contribution in [3.63, 3.8) is 0 Å². The van der Waals surface area contributed by atoms with E-state index < -0.39 is 5.60 Å². The van der Waals surface area contributed by atoms with E-state index in [0.29, 0.717) is 0 Å². The van der Waals surface area contributed by atoms with Crippen LogP contribution in [0.2, 0.25) is 0 Å². The van der Waals surface area contributed by atoms with Gasteiger partial charge in [0.2, 0.25) is 0 Å². The van der Waals surface area contributed by atoms with Gasteiger partial charge in [-0.15, -0.1) is 0 Å². The molecule has 0 amide bonds. The lowest BCUT2D eigenvalue weighted by Crippen LogP contribution is -2.55. The highest BCUT2D eigenvalue weighted by molar-refractivity contribution is 5.03. The van der Waals surface area contributed by atoms with Gasteiger partial charge >= 0.3 is 0 Å². The molecule has 0 aromatic carbocycles. The van der Waals surface area contributed by atoms with E-state index in [1.54, 1.807) is 0 Å². The second-order valence-electron chi connectivity index (χ2n) is 5.69. The molecule has 0 atom stereocenters. The zero-order valence-corrected chi connectivity index (χ0v) is 9.07. The Kier molecular flexibility index (Phi) is 2.07. The topological polar surface area (TPSA) is 20.2 Å². The predicted molar refractivity (Wildman–Crippen MR) is 52.0 cm³/mol. The molecule has 1 N–H and O–H groups in total. The minimum absolute atomic E-state index is 0.0642. The Labute approximate surface area is 76.2 Å². The van der Waals surface area contributed by atoms with Crippen molar-refractivity contribution in [1.29, 1.82) is 0 Å². The molecule has 1 fully saturated rings. The summed E-state index contributed by atoms with van der Waals surface area (Å²) in [6.07, 6.45) is 3.53. The van der Waals surface area contributed by atoms with Crippen LogP contribution in [0.15, 0.2) is 0 Å². The van der Waals surface area contributed by atoms with Gasteiger partial charge in [0.25, 0.3) is 0 Å². The monoisotopic (exact) mass is 170 g/mol. The van der Waals surface area contributed by atoms with Crippen molar-refractivity contribution in [2.24, 2.45) is 10.8 Å². The normalized spacial score (nSPS) is 31.5. The first-order chi connectivity index (χ1) is 5.21. The molecule has 0 aromatic rings. The van der Waals surface area contributed by atoms with E-state index in [2.05, 4.69) is 27.7 Å². The average molecular weight is 170 g/mol. The fourth-order valence-electron chi connectivity index (χ4n) is 2.38. The van der Waals surface area contributed by atoms with E-state index in [-0.39, 0.29) is 10.8 Å². The zero-order valence-electron chi connectivity index (χ0n) is 9.07. The van der Waals surface area contributed by atoms with Crippen molar-refractivity contribution in [1.82, 2.24) is 0 Å². The first kappa shape index (κ1) is 10.0. The molecule has 1 nitrogen and oxygen atoms in total. The minimum Gasteiger partial charge on any atom is -0.389 e. The number of hydrogen-bond donors (Lipinski definition) is 1. The van der Waals surface area contributed by atoms with Gasteiger partial charge in [-0.1, -0.05) is 34.1 Å². The fourth-order valence-corrected chi connectivity index (χ4v) is 2.38. The SMILES string of the molecule is CC1(C)CCCC(C)(C)C1(C)O. The summed E-state index contributed by atoms with van der Waals surface area (Å²) in [5, 5.41) is 10.4. The highest BCUT2D eigenvalue weighted by atomic mass is 16.3. The zero-order chi connectivity index (χ0) is 9.62. The highest BCUT2D eigenvalue weighted by Crippen LogP contribution is 2.53. The van der Waals surface area contributed by atoms with Crippen molar-refractivity contribution >= 4 is 0 Å². The molecule has 1 heteroatoms. The van der Waals surface area contributed by atoms with Crippen molar-refractivity contribution in [2.75, 3.05) is 0 Å². The summed E-state index contributed by atoms with van der Waals surface area (Å²) in [5.74, 6) is 0. The van der Waals surface area contributed by atoms with Crippen LogP contribution in [0.1, 0.15) is 53.9 Å². The van der Waals surface area contributed by atoms with Crippen molar-refractivity contribution in [3.05, 3.63) is 0 Å². The molecular weight excluding hydrogens is 148 g/mol. The standard InChI is InChI=1S/C11H22O/c1-9(2)7-6-8-10(3,4)11(9,5)12/h12H,6-8H2,1-5H3. The third-order valence-corrected chi connectivity index (χ3v) is 4.24. The Hall–Kier alpha value is -0.0400. The van der Waals surface area contributed by atoms with Gasteiger partial charge in [-0.25, -0.2) is 0 Å². The van der Waals surface area contributed by atoms with E-state index >= 15 is 0 Å². The first-order valence-electron chi connectivity index (χ1n) is 4.93. The van der Waals surface area contributed by atoms with Crippen LogP contribution in [0.25, 0.3) is 0 Å². The lowest BCUT2D eigenvalue weighted by atomic mass is 9.55. The molecule has 72 valence electrons. The fraction of sp³-hybridized carbons (Fsp3) is 1.00. The van der Waals surface area contributed by atoms with E-state index in [1.165, 1.54) is 6.42 Å². The third kappa shape index (κ3) is 1.19. The molecule has 0 unspecified atom stereocenters. The number of aliphatic hydroxyl groups is 1. The second kappa shape index (κ2) is 2.47. The van der Waals surface area contributed by atoms with Gasteiger partial charge in [-0.05, 0) is 30.6 Å². The Morgan fingerprint density at radius 1 is 0.833 bits per heavy atom. The summed E-state index contributed by atoms with van der Waals surface area (Å²) in [6, 6.07) is 0. The highest BCUT2D eigenvalue weighted by Gasteiger charge is 2.52. The molecule has 1 aliphatic carbocycles. The van der Waals surface area contributed by atoms with Gasteiger partial charge in [-0.3, -0.25) is 0 Å². The molecule has 0 radical (unpaired) electrons. The summed E-state index contributed by atoms with van der Waals surface area (Å²) in [5.41, 5.74) is -0.401. The van der Waals surface area contributed by atoms with Crippen LogP contribution in [0.5, 0.6) is 0 Å². The molecular formula is C11H22O. The molecule has 0 bridgehead atoms. The van der Waals surface area contributed by atoms with Crippen LogP contribution in [0.3, 0.4) is 0 Å². The van der Waals surface area contributed by atoms with Crippen LogP contribution in [-0.2, 0) is 0 Å². The largest absolute Gasteiger partial charge is 0.389 e. The van der Waals surface area contributed by atoms with Gasteiger partial charge < -0.3 is 5.11 Å². The molecule has 0 saturated heterocycles. The Morgan fingerprint density at radius 2 is 1.17 bits per heavy atom. The van der Waals surface area contributed by atoms with Gasteiger partial charge in [0.15, 0.2) is 0 Å². The predicted octanol–water partition coefficient (Wildman–Crippen LogP) is 2.97. The molecule has 1 saturated carbocycles. The van der Waals surface area contributed by atoms with Crippen LogP contribution < -0.4 is 0 Å². The summed E-state index contributed by atoms with van der Waals surface area (Å²) >= 11 is 0. The van der Waals surface area contributed by atoms with Crippen molar-refractivity contribution < 1.29 is 5.11 Å². The maximum Gasteiger partial charge on any atom is 0.0721 e. The third-order valence-electron chi connectivity index (χ3n) is 4.24. The van der Waals surface area contributed by atoms with E-state index in [0.717, 1.165) is 12.8 Å². The van der Waals surface area contributed by atoms with Crippen LogP contribution >= 0.6 is 0 Å². The average Bonchev–Trinajstić information content (AvgIpc) is 1.83. The molecule has 0 heterocycles. The van der Waals surface area contributed by atoms with Gasteiger partial charge in [0, 0.05) is 0 Å². The van der Waals surface area contributed by atoms with Gasteiger partial charge in [0.1, 0.15) is 0 Å². The smallest absolute Gasteiger partial charge is 0.0721 e. The summed E-state index contributed by atoms with van der Waals surface area (Å²) < 4.78 is 0. The lowest BCUT2D eigenvalue weighted by Gasteiger charge is -2.54. The van der Waals surface area contributed by atoms with Crippen molar-refractivity contribution in [2.45, 2.75) is 59.5 Å². The Morgan fingerprint density at radius 3 is 1.42 bits per heavy atom. The maximum absolute atomic E-state index is 10.4. The van der Waals surface area contributed by atoms with Crippen molar-refractivity contribution in [3.8, 4) is 0 Å². The quantitative estimate of drug-likeness (QED) is 0.592. The summed E-state index contributed by atoms with van der Waals surface area (Å²) in [6.45, 7) is 10.7. The summed E-state index contributed by atoms with van der Waals surface area (Å²) in [4.78, 5) is 0. The van der Waals surface area contributed by atoms with Gasteiger partial charge in [-0.2, -0.15) is 0 Å². The Bertz CT molecular complexity index is 159. The lowest BCUT2D eigenvalue weighted by molar-refractivity contribution is -0.163. The van der Waals surface area contributed by atoms with E-state index in [9.17, 15) is 5.11 Å². The maximum atomic E-state index is 10.4. The first-order valence-corrected chi connectivity index (χ1v) is 4.93. The van der Waals surface area contributed by atoms with Crippen LogP contribution in [0.4, 0.5) is 0 Å². The molecule has 12 heavy (non-hydrogen) atoms. The van der Waals surface area contributed by atoms with Gasteiger partial charge in [0.05, 0.1) is 5.60 Å². The van der Waals surface area contributed by atoms with E-state index in [4.69, 9.17) is 0 Å². The molecule has 0 aromatic heterocycles. The molecule has 0 aliphatic heterocycles. The minimum atomic E-state index is -0.530. The molecule has 1 aliphatic rings. The molecule has 1 rings (SSSR count). The Balaban J connectivity index is 2.99.